The molecule has 0 atom stereocenters. The van der Waals surface area contributed by atoms with Crippen LogP contribution in [0.1, 0.15) is 12.8 Å². The summed E-state index contributed by atoms with van der Waals surface area (Å²) in [6.07, 6.45) is 3.83. The summed E-state index contributed by atoms with van der Waals surface area (Å²) in [7, 11) is 1.67. The van der Waals surface area contributed by atoms with Gasteiger partial charge in [-0.15, -0.1) is 0 Å². The first-order chi connectivity index (χ1) is 9.18. The van der Waals surface area contributed by atoms with Crippen molar-refractivity contribution < 1.29 is 14.7 Å². The fourth-order valence-electron chi connectivity index (χ4n) is 2.23. The summed E-state index contributed by atoms with van der Waals surface area (Å²) in [6, 6.07) is 0. The van der Waals surface area contributed by atoms with Crippen molar-refractivity contribution in [2.75, 3.05) is 52.8 Å². The minimum atomic E-state index is -0.206. The monoisotopic (exact) mass is 291 g/mol. The maximum atomic E-state index is 8.88. The highest BCUT2D eigenvalue weighted by atomic mass is 32.2. The van der Waals surface area contributed by atoms with Crippen LogP contribution in [-0.4, -0.2) is 73.5 Å². The summed E-state index contributed by atoms with van der Waals surface area (Å²) in [5.74, 6) is 0.344. The van der Waals surface area contributed by atoms with Crippen molar-refractivity contribution in [1.82, 2.24) is 4.90 Å². The quantitative estimate of drug-likeness (QED) is 0.224. The van der Waals surface area contributed by atoms with E-state index in [4.69, 9.17) is 20.4 Å². The summed E-state index contributed by atoms with van der Waals surface area (Å²) in [6.45, 7) is 4.82. The molecule has 1 saturated heterocycles. The minimum absolute atomic E-state index is 0.206. The molecule has 0 bridgehead atoms. The Morgan fingerprint density at radius 3 is 2.58 bits per heavy atom. The van der Waals surface area contributed by atoms with Gasteiger partial charge in [0, 0.05) is 13.7 Å². The van der Waals surface area contributed by atoms with Gasteiger partial charge in [0.05, 0.1) is 24.6 Å². The van der Waals surface area contributed by atoms with Gasteiger partial charge in [0.2, 0.25) is 0 Å². The summed E-state index contributed by atoms with van der Waals surface area (Å²) < 4.78 is 10.2. The molecule has 1 rings (SSSR count). The predicted molar refractivity (Wildman–Crippen MR) is 78.0 cm³/mol. The summed E-state index contributed by atoms with van der Waals surface area (Å²) in [5, 5.41) is 12.1. The molecule has 19 heavy (non-hydrogen) atoms. The average molecular weight is 291 g/mol. The molecule has 0 saturated carbocycles. The average Bonchev–Trinajstić information content (AvgIpc) is 2.47. The lowest BCUT2D eigenvalue weighted by Crippen LogP contribution is -2.50. The molecule has 0 aromatic rings. The van der Waals surface area contributed by atoms with Gasteiger partial charge in [-0.25, -0.2) is 0 Å². The molecule has 6 nitrogen and oxygen atoms in total. The maximum Gasteiger partial charge on any atom is 0.155 e. The van der Waals surface area contributed by atoms with Crippen molar-refractivity contribution in [2.24, 2.45) is 10.9 Å². The number of hydrogen-bond acceptors (Lipinski definition) is 6. The van der Waals surface area contributed by atoms with Crippen molar-refractivity contribution in [3.05, 3.63) is 0 Å². The van der Waals surface area contributed by atoms with Crippen molar-refractivity contribution in [2.45, 2.75) is 17.6 Å². The van der Waals surface area contributed by atoms with Gasteiger partial charge < -0.3 is 25.3 Å². The first-order valence-corrected chi connectivity index (χ1v) is 7.73. The number of ether oxygens (including phenoxy) is 2. The van der Waals surface area contributed by atoms with E-state index in [1.807, 2.05) is 6.26 Å². The van der Waals surface area contributed by atoms with E-state index in [1.165, 1.54) is 0 Å². The summed E-state index contributed by atoms with van der Waals surface area (Å²) >= 11 is 1.67. The highest BCUT2D eigenvalue weighted by Crippen LogP contribution is 2.34. The van der Waals surface area contributed by atoms with Gasteiger partial charge in [-0.3, -0.25) is 0 Å². The Balaban J connectivity index is 2.28. The van der Waals surface area contributed by atoms with E-state index < -0.39 is 0 Å². The molecule has 0 radical (unpaired) electrons. The zero-order valence-corrected chi connectivity index (χ0v) is 12.6. The predicted octanol–water partition coefficient (Wildman–Crippen LogP) is 0.593. The molecule has 0 aromatic carbocycles. The number of rotatable bonds is 8. The van der Waals surface area contributed by atoms with Crippen LogP contribution in [0.5, 0.6) is 0 Å². The number of likely N-dealkylation sites (tertiary alicyclic amines) is 1. The first kappa shape index (κ1) is 16.6. The lowest BCUT2D eigenvalue weighted by Gasteiger charge is -2.39. The Morgan fingerprint density at radius 2 is 2.05 bits per heavy atom. The number of nitrogens with two attached hydrogens (primary N) is 1. The van der Waals surface area contributed by atoms with Crippen LogP contribution in [0, 0.1) is 0 Å². The van der Waals surface area contributed by atoms with Gasteiger partial charge in [0.1, 0.15) is 0 Å². The standard InChI is InChI=1S/C12H25N3O3S/c1-17-9-10-18-8-7-15-5-3-12(19-2,4-6-15)11(13)14-16/h16H,3-10H2,1-2H3,(H2,13,14). The van der Waals surface area contributed by atoms with Gasteiger partial charge in [0.15, 0.2) is 5.84 Å². The van der Waals surface area contributed by atoms with E-state index in [0.29, 0.717) is 19.0 Å². The fraction of sp³-hybridized carbons (Fsp3) is 0.917. The number of thioether (sulfide) groups is 1. The highest BCUT2D eigenvalue weighted by Gasteiger charge is 2.37. The van der Waals surface area contributed by atoms with Crippen LogP contribution in [0.4, 0.5) is 0 Å². The molecule has 0 aromatic heterocycles. The van der Waals surface area contributed by atoms with E-state index in [2.05, 4.69) is 10.1 Å². The SMILES string of the molecule is COCCOCCN1CCC(SC)(C(N)=NO)CC1. The van der Waals surface area contributed by atoms with Crippen molar-refractivity contribution in [1.29, 1.82) is 0 Å². The molecule has 112 valence electrons. The van der Waals surface area contributed by atoms with Crippen LogP contribution < -0.4 is 5.73 Å². The summed E-state index contributed by atoms with van der Waals surface area (Å²) in [4.78, 5) is 2.35. The lowest BCUT2D eigenvalue weighted by atomic mass is 9.94. The van der Waals surface area contributed by atoms with Crippen LogP contribution >= 0.6 is 11.8 Å². The van der Waals surface area contributed by atoms with Crippen LogP contribution in [0.2, 0.25) is 0 Å². The number of nitrogens with zero attached hydrogens (tertiary/aromatic N) is 2. The molecule has 7 heteroatoms. The third-order valence-electron chi connectivity index (χ3n) is 3.61. The second kappa shape index (κ2) is 8.63. The van der Waals surface area contributed by atoms with Crippen LogP contribution in [0.3, 0.4) is 0 Å². The summed E-state index contributed by atoms with van der Waals surface area (Å²) in [5.41, 5.74) is 5.82. The van der Waals surface area contributed by atoms with E-state index >= 15 is 0 Å². The molecule has 0 amide bonds. The molecule has 0 spiro atoms. The third-order valence-corrected chi connectivity index (χ3v) is 5.01. The van der Waals surface area contributed by atoms with Crippen LogP contribution in [0.15, 0.2) is 5.16 Å². The number of amidine groups is 1. The molecular formula is C12H25N3O3S. The number of piperidine rings is 1. The van der Waals surface area contributed by atoms with Crippen molar-refractivity contribution in [3.63, 3.8) is 0 Å². The van der Waals surface area contributed by atoms with Gasteiger partial charge in [-0.1, -0.05) is 5.16 Å². The van der Waals surface area contributed by atoms with E-state index in [0.717, 1.165) is 39.1 Å². The first-order valence-electron chi connectivity index (χ1n) is 6.50. The van der Waals surface area contributed by atoms with Gasteiger partial charge in [-0.2, -0.15) is 11.8 Å². The van der Waals surface area contributed by atoms with Crippen LogP contribution in [-0.2, 0) is 9.47 Å². The minimum Gasteiger partial charge on any atom is -0.409 e. The zero-order valence-electron chi connectivity index (χ0n) is 11.8. The Bertz CT molecular complexity index is 281. The number of methoxy groups -OCH3 is 1. The molecule has 0 unspecified atom stereocenters. The third kappa shape index (κ3) is 4.83. The topological polar surface area (TPSA) is 80.3 Å². The van der Waals surface area contributed by atoms with Crippen molar-refractivity contribution >= 4 is 17.6 Å². The Hall–Kier alpha value is -0.500. The highest BCUT2D eigenvalue weighted by molar-refractivity contribution is 8.00. The molecule has 0 aliphatic carbocycles. The van der Waals surface area contributed by atoms with Crippen molar-refractivity contribution in [3.8, 4) is 0 Å². The fourth-order valence-corrected chi connectivity index (χ4v) is 3.07. The number of hydrogen-bond donors (Lipinski definition) is 2. The second-order valence-corrected chi connectivity index (χ2v) is 5.82. The molecule has 1 fully saturated rings. The van der Waals surface area contributed by atoms with E-state index in [1.54, 1.807) is 18.9 Å². The van der Waals surface area contributed by atoms with Gasteiger partial charge in [-0.05, 0) is 32.2 Å². The molecule has 1 aliphatic rings. The van der Waals surface area contributed by atoms with E-state index in [9.17, 15) is 0 Å². The molecular weight excluding hydrogens is 266 g/mol. The largest absolute Gasteiger partial charge is 0.409 e. The Labute approximate surface area is 119 Å². The number of oxime groups is 1. The van der Waals surface area contributed by atoms with Gasteiger partial charge >= 0.3 is 0 Å². The lowest BCUT2D eigenvalue weighted by molar-refractivity contribution is 0.0536. The normalized spacial score (nSPS) is 20.6. The molecule has 1 aliphatic heterocycles. The zero-order chi connectivity index (χ0) is 14.1. The molecule has 1 heterocycles. The van der Waals surface area contributed by atoms with E-state index in [-0.39, 0.29) is 4.75 Å². The molecule has 3 N–H and O–H groups in total. The second-order valence-electron chi connectivity index (χ2n) is 4.63. The Morgan fingerprint density at radius 1 is 1.37 bits per heavy atom. The van der Waals surface area contributed by atoms with Crippen LogP contribution in [0.25, 0.3) is 0 Å². The Kier molecular flexibility index (Phi) is 7.52. The maximum absolute atomic E-state index is 8.88. The smallest absolute Gasteiger partial charge is 0.155 e. The van der Waals surface area contributed by atoms with Gasteiger partial charge in [0.25, 0.3) is 0 Å².